The Labute approximate surface area is 138 Å². The van der Waals surface area contributed by atoms with Crippen molar-refractivity contribution in [3.63, 3.8) is 0 Å². The highest BCUT2D eigenvalue weighted by Gasteiger charge is 2.01. The zero-order valence-electron chi connectivity index (χ0n) is 12.8. The number of carbonyl (C=O) groups is 1. The van der Waals surface area contributed by atoms with Gasteiger partial charge in [-0.2, -0.15) is 5.10 Å². The molecule has 3 heterocycles. The van der Waals surface area contributed by atoms with Gasteiger partial charge in [0.05, 0.1) is 6.26 Å². The zero-order valence-corrected chi connectivity index (χ0v) is 12.8. The Balaban J connectivity index is 1.43. The molecule has 122 valence electrons. The van der Waals surface area contributed by atoms with Crippen LogP contribution in [0.3, 0.4) is 0 Å². The molecule has 8 nitrogen and oxygen atoms in total. The molecule has 1 amide bonds. The molecule has 0 aliphatic rings. The van der Waals surface area contributed by atoms with Gasteiger partial charge in [0.2, 0.25) is 5.91 Å². The molecule has 0 fully saturated rings. The van der Waals surface area contributed by atoms with Gasteiger partial charge in [-0.15, -0.1) is 0 Å². The Morgan fingerprint density at radius 2 is 2.25 bits per heavy atom. The first kappa shape index (κ1) is 15.5. The Bertz CT molecular complexity index is 796. The summed E-state index contributed by atoms with van der Waals surface area (Å²) in [6, 6.07) is 7.14. The van der Waals surface area contributed by atoms with Crippen molar-refractivity contribution in [1.29, 1.82) is 0 Å². The van der Waals surface area contributed by atoms with Gasteiger partial charge in [0.25, 0.3) is 0 Å². The van der Waals surface area contributed by atoms with Gasteiger partial charge in [-0.25, -0.2) is 14.6 Å². The summed E-state index contributed by atoms with van der Waals surface area (Å²) in [7, 11) is 0. The molecule has 0 aliphatic carbocycles. The van der Waals surface area contributed by atoms with Gasteiger partial charge in [0.15, 0.2) is 5.82 Å². The van der Waals surface area contributed by atoms with E-state index in [9.17, 15) is 4.79 Å². The number of nitrogens with zero attached hydrogens (tertiary/aromatic N) is 4. The van der Waals surface area contributed by atoms with Crippen LogP contribution in [0, 0.1) is 0 Å². The summed E-state index contributed by atoms with van der Waals surface area (Å²) >= 11 is 0. The molecule has 3 aromatic heterocycles. The van der Waals surface area contributed by atoms with E-state index in [4.69, 9.17) is 4.42 Å². The average Bonchev–Trinajstić information content (AvgIpc) is 3.31. The van der Waals surface area contributed by atoms with E-state index in [1.165, 1.54) is 12.4 Å². The molecular formula is C16H16N6O2. The summed E-state index contributed by atoms with van der Waals surface area (Å²) in [5.74, 6) is 1.78. The van der Waals surface area contributed by atoms with Gasteiger partial charge in [-0.3, -0.25) is 4.79 Å². The lowest BCUT2D eigenvalue weighted by molar-refractivity contribution is -0.116. The molecule has 0 atom stereocenters. The number of hydrogen-bond donors (Lipinski definition) is 2. The summed E-state index contributed by atoms with van der Waals surface area (Å²) in [5, 5.41) is 10.0. The van der Waals surface area contributed by atoms with Crippen LogP contribution in [0.1, 0.15) is 5.76 Å². The van der Waals surface area contributed by atoms with Crippen molar-refractivity contribution in [2.75, 3.05) is 18.4 Å². The summed E-state index contributed by atoms with van der Waals surface area (Å²) < 4.78 is 6.76. The number of carbonyl (C=O) groups excluding carboxylic acids is 1. The van der Waals surface area contributed by atoms with E-state index >= 15 is 0 Å². The van der Waals surface area contributed by atoms with Crippen molar-refractivity contribution in [2.45, 2.75) is 0 Å². The molecule has 0 saturated carbocycles. The van der Waals surface area contributed by atoms with Crippen molar-refractivity contribution in [3.05, 3.63) is 61.1 Å². The van der Waals surface area contributed by atoms with Crippen molar-refractivity contribution < 1.29 is 9.21 Å². The highest BCUT2D eigenvalue weighted by molar-refractivity contribution is 5.91. The van der Waals surface area contributed by atoms with Crippen molar-refractivity contribution >= 4 is 17.8 Å². The maximum absolute atomic E-state index is 11.7. The Morgan fingerprint density at radius 1 is 1.29 bits per heavy atom. The van der Waals surface area contributed by atoms with Crippen LogP contribution < -0.4 is 10.6 Å². The first-order valence-corrected chi connectivity index (χ1v) is 7.36. The van der Waals surface area contributed by atoms with Crippen LogP contribution in [0.5, 0.6) is 0 Å². The van der Waals surface area contributed by atoms with Crippen LogP contribution >= 0.6 is 0 Å². The number of hydrogen-bond acceptors (Lipinski definition) is 6. The number of furan rings is 1. The standard InChI is InChI=1S/C16H16N6O2/c23-16(5-4-13-3-1-10-24-13)18-8-7-17-14-11-15(20-12-19-14)22-9-2-6-21-22/h1-6,9-12H,7-8H2,(H,18,23)(H,17,19,20)/b5-4+. The lowest BCUT2D eigenvalue weighted by Gasteiger charge is -2.07. The lowest BCUT2D eigenvalue weighted by Crippen LogP contribution is -2.27. The van der Waals surface area contributed by atoms with Gasteiger partial charge < -0.3 is 15.1 Å². The molecule has 0 spiro atoms. The molecular weight excluding hydrogens is 308 g/mol. The second-order valence-electron chi connectivity index (χ2n) is 4.78. The number of amides is 1. The highest BCUT2D eigenvalue weighted by atomic mass is 16.3. The fourth-order valence-electron chi connectivity index (χ4n) is 1.95. The summed E-state index contributed by atoms with van der Waals surface area (Å²) in [6.45, 7) is 0.998. The number of rotatable bonds is 7. The van der Waals surface area contributed by atoms with E-state index in [0.717, 1.165) is 0 Å². The van der Waals surface area contributed by atoms with Gasteiger partial charge in [-0.05, 0) is 24.3 Å². The first-order chi connectivity index (χ1) is 11.8. The molecule has 8 heteroatoms. The predicted octanol–water partition coefficient (Wildman–Crippen LogP) is 1.50. The van der Waals surface area contributed by atoms with E-state index in [0.29, 0.717) is 30.5 Å². The molecule has 0 aliphatic heterocycles. The Kier molecular flexibility index (Phi) is 4.98. The molecule has 0 radical (unpaired) electrons. The van der Waals surface area contributed by atoms with Crippen LogP contribution in [0.25, 0.3) is 11.9 Å². The van der Waals surface area contributed by atoms with Gasteiger partial charge in [0.1, 0.15) is 17.9 Å². The molecule has 24 heavy (non-hydrogen) atoms. The molecule has 0 aromatic carbocycles. The Hall–Kier alpha value is -3.42. The van der Waals surface area contributed by atoms with E-state index in [-0.39, 0.29) is 5.91 Å². The third kappa shape index (κ3) is 4.29. The van der Waals surface area contributed by atoms with Crippen LogP contribution in [0.15, 0.2) is 59.7 Å². The van der Waals surface area contributed by atoms with Crippen LogP contribution in [0.4, 0.5) is 5.82 Å². The molecule has 2 N–H and O–H groups in total. The molecule has 3 rings (SSSR count). The summed E-state index contributed by atoms with van der Waals surface area (Å²) in [6.07, 6.45) is 9.55. The number of anilines is 1. The summed E-state index contributed by atoms with van der Waals surface area (Å²) in [4.78, 5) is 19.9. The molecule has 0 saturated heterocycles. The maximum atomic E-state index is 11.7. The lowest BCUT2D eigenvalue weighted by atomic mass is 10.4. The largest absolute Gasteiger partial charge is 0.465 e. The fourth-order valence-corrected chi connectivity index (χ4v) is 1.95. The SMILES string of the molecule is O=C(/C=C/c1ccco1)NCCNc1cc(-n2cccn2)ncn1. The third-order valence-corrected chi connectivity index (χ3v) is 3.06. The van der Waals surface area contributed by atoms with E-state index in [1.54, 1.807) is 47.6 Å². The first-order valence-electron chi connectivity index (χ1n) is 7.36. The van der Waals surface area contributed by atoms with E-state index in [1.807, 2.05) is 6.07 Å². The van der Waals surface area contributed by atoms with Crippen molar-refractivity contribution in [3.8, 4) is 5.82 Å². The van der Waals surface area contributed by atoms with Crippen LogP contribution in [-0.4, -0.2) is 38.7 Å². The fraction of sp³-hybridized carbons (Fsp3) is 0.125. The smallest absolute Gasteiger partial charge is 0.244 e. The minimum atomic E-state index is -0.187. The highest BCUT2D eigenvalue weighted by Crippen LogP contribution is 2.07. The second-order valence-corrected chi connectivity index (χ2v) is 4.78. The van der Waals surface area contributed by atoms with Gasteiger partial charge >= 0.3 is 0 Å². The molecule has 0 bridgehead atoms. The quantitative estimate of drug-likeness (QED) is 0.505. The zero-order chi connectivity index (χ0) is 16.6. The Morgan fingerprint density at radius 3 is 3.04 bits per heavy atom. The average molecular weight is 324 g/mol. The number of nitrogens with one attached hydrogen (secondary N) is 2. The van der Waals surface area contributed by atoms with Crippen LogP contribution in [-0.2, 0) is 4.79 Å². The van der Waals surface area contributed by atoms with Gasteiger partial charge in [-0.1, -0.05) is 0 Å². The van der Waals surface area contributed by atoms with E-state index < -0.39 is 0 Å². The topological polar surface area (TPSA) is 97.9 Å². The normalized spacial score (nSPS) is 10.8. The number of aromatic nitrogens is 4. The summed E-state index contributed by atoms with van der Waals surface area (Å²) in [5.41, 5.74) is 0. The second kappa shape index (κ2) is 7.73. The van der Waals surface area contributed by atoms with Crippen molar-refractivity contribution in [1.82, 2.24) is 25.1 Å². The minimum absolute atomic E-state index is 0.187. The minimum Gasteiger partial charge on any atom is -0.465 e. The van der Waals surface area contributed by atoms with E-state index in [2.05, 4.69) is 25.7 Å². The van der Waals surface area contributed by atoms with Gasteiger partial charge in [0, 0.05) is 37.6 Å². The van der Waals surface area contributed by atoms with Crippen LogP contribution in [0.2, 0.25) is 0 Å². The predicted molar refractivity (Wildman–Crippen MR) is 88.4 cm³/mol. The molecule has 3 aromatic rings. The molecule has 0 unspecified atom stereocenters. The monoisotopic (exact) mass is 324 g/mol. The van der Waals surface area contributed by atoms with Crippen molar-refractivity contribution in [2.24, 2.45) is 0 Å². The third-order valence-electron chi connectivity index (χ3n) is 3.06. The maximum Gasteiger partial charge on any atom is 0.244 e.